The Kier molecular flexibility index (Phi) is 6.08. The predicted octanol–water partition coefficient (Wildman–Crippen LogP) is 3.73. The topological polar surface area (TPSA) is 83.1 Å². The van der Waals surface area contributed by atoms with Crippen LogP contribution in [0.4, 0.5) is 0 Å². The molecule has 7 nitrogen and oxygen atoms in total. The molecule has 0 spiro atoms. The van der Waals surface area contributed by atoms with Crippen molar-refractivity contribution in [1.82, 2.24) is 5.32 Å². The first-order valence-corrected chi connectivity index (χ1v) is 10.5. The molecule has 0 aromatic heterocycles. The number of carbonyl (C=O) groups is 2. The number of hydrogen-bond acceptors (Lipinski definition) is 6. The van der Waals surface area contributed by atoms with Crippen molar-refractivity contribution in [3.05, 3.63) is 58.8 Å². The fraction of sp³-hybridized carbons (Fsp3) is 0.360. The molecular weight excluding hydrogens is 410 g/mol. The molecule has 1 aliphatic heterocycles. The highest BCUT2D eigenvalue weighted by Gasteiger charge is 2.39. The largest absolute Gasteiger partial charge is 0.497 e. The zero-order chi connectivity index (χ0) is 22.8. The summed E-state index contributed by atoms with van der Waals surface area (Å²) >= 11 is 0. The van der Waals surface area contributed by atoms with Crippen LogP contribution in [-0.4, -0.2) is 40.1 Å². The van der Waals surface area contributed by atoms with Gasteiger partial charge in [0.15, 0.2) is 17.3 Å². The van der Waals surface area contributed by atoms with Gasteiger partial charge in [-0.2, -0.15) is 0 Å². The van der Waals surface area contributed by atoms with Gasteiger partial charge in [0.1, 0.15) is 5.75 Å². The number of methoxy groups -OCH3 is 4. The van der Waals surface area contributed by atoms with Crippen LogP contribution in [0.5, 0.6) is 23.0 Å². The van der Waals surface area contributed by atoms with E-state index in [1.54, 1.807) is 21.3 Å². The Bertz CT molecular complexity index is 1060. The highest BCUT2D eigenvalue weighted by atomic mass is 16.5. The van der Waals surface area contributed by atoms with Crippen molar-refractivity contribution in [3.63, 3.8) is 0 Å². The van der Waals surface area contributed by atoms with E-state index in [0.29, 0.717) is 41.4 Å². The number of rotatable bonds is 6. The van der Waals surface area contributed by atoms with E-state index < -0.39 is 0 Å². The summed E-state index contributed by atoms with van der Waals surface area (Å²) in [6.45, 7) is 0. The summed E-state index contributed by atoms with van der Waals surface area (Å²) in [5, 5.41) is 2.96. The third-order valence-corrected chi connectivity index (χ3v) is 6.19. The second-order valence-electron chi connectivity index (χ2n) is 7.96. The van der Waals surface area contributed by atoms with Crippen molar-refractivity contribution in [3.8, 4) is 23.0 Å². The third-order valence-electron chi connectivity index (χ3n) is 6.19. The number of carbonyl (C=O) groups excluding carboxylic acids is 2. The molecule has 1 amide bonds. The predicted molar refractivity (Wildman–Crippen MR) is 119 cm³/mol. The molecule has 2 aliphatic rings. The minimum Gasteiger partial charge on any atom is -0.497 e. The summed E-state index contributed by atoms with van der Waals surface area (Å²) in [5.41, 5.74) is 3.17. The van der Waals surface area contributed by atoms with Crippen LogP contribution in [-0.2, 0) is 9.59 Å². The summed E-state index contributed by atoms with van der Waals surface area (Å²) < 4.78 is 21.7. The minimum atomic E-state index is -0.369. The Morgan fingerprint density at radius 1 is 0.812 bits per heavy atom. The van der Waals surface area contributed by atoms with Crippen LogP contribution >= 0.6 is 0 Å². The molecule has 0 unspecified atom stereocenters. The molecule has 1 heterocycles. The number of amides is 1. The number of Topliss-reactive ketones (excluding diaryl/α,β-unsaturated/α-hetero) is 1. The molecular formula is C25H27NO6. The number of allylic oxidation sites excluding steroid dienone is 2. The van der Waals surface area contributed by atoms with Crippen molar-refractivity contribution in [2.24, 2.45) is 0 Å². The molecule has 2 atom stereocenters. The molecule has 2 aromatic carbocycles. The third kappa shape index (κ3) is 3.90. The van der Waals surface area contributed by atoms with Crippen LogP contribution in [0.3, 0.4) is 0 Å². The first-order valence-electron chi connectivity index (χ1n) is 10.5. The number of ether oxygens (including phenoxy) is 4. The van der Waals surface area contributed by atoms with Gasteiger partial charge in [-0.05, 0) is 47.7 Å². The SMILES string of the molecule is COc1cccc([C@H]2CC(=O)C3=C(C2)NC(=O)C[C@@H]3c2cc(OC)c(OC)c(OC)c2)c1. The molecule has 0 fully saturated rings. The van der Waals surface area contributed by atoms with Gasteiger partial charge in [-0.1, -0.05) is 12.1 Å². The lowest BCUT2D eigenvalue weighted by Crippen LogP contribution is -2.38. The van der Waals surface area contributed by atoms with Gasteiger partial charge >= 0.3 is 0 Å². The molecule has 168 valence electrons. The van der Waals surface area contributed by atoms with Gasteiger partial charge in [-0.25, -0.2) is 0 Å². The molecule has 0 bridgehead atoms. The molecule has 2 aromatic rings. The maximum absolute atomic E-state index is 13.4. The second-order valence-corrected chi connectivity index (χ2v) is 7.96. The quantitative estimate of drug-likeness (QED) is 0.742. The summed E-state index contributed by atoms with van der Waals surface area (Å²) in [6, 6.07) is 11.4. The Balaban J connectivity index is 1.75. The van der Waals surface area contributed by atoms with E-state index in [1.165, 1.54) is 7.11 Å². The van der Waals surface area contributed by atoms with Crippen molar-refractivity contribution >= 4 is 11.7 Å². The van der Waals surface area contributed by atoms with Crippen LogP contribution in [0.15, 0.2) is 47.7 Å². The van der Waals surface area contributed by atoms with Gasteiger partial charge in [0, 0.05) is 30.0 Å². The summed E-state index contributed by atoms with van der Waals surface area (Å²) in [6.07, 6.45) is 1.15. The van der Waals surface area contributed by atoms with E-state index in [9.17, 15) is 9.59 Å². The van der Waals surface area contributed by atoms with Crippen molar-refractivity contribution in [2.75, 3.05) is 28.4 Å². The fourth-order valence-corrected chi connectivity index (χ4v) is 4.68. The Morgan fingerprint density at radius 2 is 1.53 bits per heavy atom. The zero-order valence-electron chi connectivity index (χ0n) is 18.7. The van der Waals surface area contributed by atoms with Gasteiger partial charge in [-0.3, -0.25) is 9.59 Å². The van der Waals surface area contributed by atoms with E-state index in [-0.39, 0.29) is 29.9 Å². The highest BCUT2D eigenvalue weighted by Crippen LogP contribution is 2.46. The summed E-state index contributed by atoms with van der Waals surface area (Å²) in [4.78, 5) is 26.0. The van der Waals surface area contributed by atoms with Crippen LogP contribution in [0.1, 0.15) is 42.2 Å². The van der Waals surface area contributed by atoms with Crippen LogP contribution < -0.4 is 24.3 Å². The van der Waals surface area contributed by atoms with Gasteiger partial charge in [0.25, 0.3) is 0 Å². The number of benzene rings is 2. The van der Waals surface area contributed by atoms with Crippen LogP contribution in [0.25, 0.3) is 0 Å². The molecule has 0 saturated heterocycles. The smallest absolute Gasteiger partial charge is 0.225 e. The van der Waals surface area contributed by atoms with E-state index >= 15 is 0 Å². The number of ketones is 1. The van der Waals surface area contributed by atoms with Crippen molar-refractivity contribution in [1.29, 1.82) is 0 Å². The average Bonchev–Trinajstić information content (AvgIpc) is 2.82. The fourth-order valence-electron chi connectivity index (χ4n) is 4.68. The summed E-state index contributed by atoms with van der Waals surface area (Å²) in [5.74, 6) is 1.75. The van der Waals surface area contributed by atoms with E-state index in [2.05, 4.69) is 5.32 Å². The van der Waals surface area contributed by atoms with Gasteiger partial charge < -0.3 is 24.3 Å². The lowest BCUT2D eigenvalue weighted by atomic mass is 9.73. The number of hydrogen-bond donors (Lipinski definition) is 1. The monoisotopic (exact) mass is 437 g/mol. The molecule has 32 heavy (non-hydrogen) atoms. The van der Waals surface area contributed by atoms with E-state index in [4.69, 9.17) is 18.9 Å². The molecule has 7 heteroatoms. The maximum atomic E-state index is 13.4. The van der Waals surface area contributed by atoms with Crippen molar-refractivity contribution in [2.45, 2.75) is 31.1 Å². The van der Waals surface area contributed by atoms with E-state index in [1.807, 2.05) is 36.4 Å². The Labute approximate surface area is 187 Å². The molecule has 1 N–H and O–H groups in total. The molecule has 0 radical (unpaired) electrons. The average molecular weight is 437 g/mol. The van der Waals surface area contributed by atoms with Gasteiger partial charge in [0.05, 0.1) is 28.4 Å². The van der Waals surface area contributed by atoms with Crippen LogP contribution in [0.2, 0.25) is 0 Å². The zero-order valence-corrected chi connectivity index (χ0v) is 18.7. The lowest BCUT2D eigenvalue weighted by Gasteiger charge is -2.34. The molecule has 1 aliphatic carbocycles. The second kappa shape index (κ2) is 8.94. The van der Waals surface area contributed by atoms with E-state index in [0.717, 1.165) is 16.9 Å². The standard InChI is InChI=1S/C25H27NO6/c1-29-17-7-5-6-14(8-17)15-9-19-24(20(27)10-15)18(13-23(28)26-19)16-11-21(30-2)25(32-4)22(12-16)31-3/h5-8,11-12,15,18H,9-10,13H2,1-4H3,(H,26,28)/t15-,18-/m1/s1. The Hall–Kier alpha value is -3.48. The Morgan fingerprint density at radius 3 is 2.16 bits per heavy atom. The van der Waals surface area contributed by atoms with Gasteiger partial charge in [0.2, 0.25) is 11.7 Å². The van der Waals surface area contributed by atoms with Gasteiger partial charge in [-0.15, -0.1) is 0 Å². The normalized spacial score (nSPS) is 20.4. The first-order chi connectivity index (χ1) is 15.5. The lowest BCUT2D eigenvalue weighted by molar-refractivity contribution is -0.122. The van der Waals surface area contributed by atoms with Crippen molar-refractivity contribution < 1.29 is 28.5 Å². The first kappa shape index (κ1) is 21.7. The molecule has 0 saturated carbocycles. The van der Waals surface area contributed by atoms with Crippen LogP contribution in [0, 0.1) is 0 Å². The maximum Gasteiger partial charge on any atom is 0.225 e. The summed E-state index contributed by atoms with van der Waals surface area (Å²) in [7, 11) is 6.25. The number of nitrogens with one attached hydrogen (secondary N) is 1. The minimum absolute atomic E-state index is 0.0182. The highest BCUT2D eigenvalue weighted by molar-refractivity contribution is 6.02. The molecule has 4 rings (SSSR count).